The van der Waals surface area contributed by atoms with Crippen LogP contribution in [0.2, 0.25) is 0 Å². The minimum absolute atomic E-state index is 0. The molecule has 0 aliphatic rings. The zero-order chi connectivity index (χ0) is 12.8. The van der Waals surface area contributed by atoms with Crippen molar-refractivity contribution in [1.29, 1.82) is 0 Å². The predicted molar refractivity (Wildman–Crippen MR) is 90.5 cm³/mol. The summed E-state index contributed by atoms with van der Waals surface area (Å²) in [6, 6.07) is 0. The molecule has 9 nitrogen and oxygen atoms in total. The van der Waals surface area contributed by atoms with Gasteiger partial charge in [0, 0.05) is 0 Å². The molecule has 0 atom stereocenters. The predicted octanol–water partition coefficient (Wildman–Crippen LogP) is 3.09. The lowest BCUT2D eigenvalue weighted by molar-refractivity contribution is 0.386. The number of tetrazole rings is 1. The van der Waals surface area contributed by atoms with E-state index in [0.717, 1.165) is 0 Å². The maximum Gasteiger partial charge on any atom is 0.438 e. The van der Waals surface area contributed by atoms with Crippen LogP contribution in [-0.4, -0.2) is 30.8 Å². The third kappa shape index (κ3) is 31.9. The summed E-state index contributed by atoms with van der Waals surface area (Å²) in [6.07, 6.45) is 1.18. The van der Waals surface area contributed by atoms with Crippen LogP contribution in [0, 0.1) is 0 Å². The Balaban J connectivity index is -0.0000000253. The van der Waals surface area contributed by atoms with Crippen LogP contribution in [0.1, 0.15) is 64.8 Å². The lowest BCUT2D eigenvalue weighted by Crippen LogP contribution is -2.00. The smallest absolute Gasteiger partial charge is 0.296 e. The highest BCUT2D eigenvalue weighted by molar-refractivity contribution is 4.41. The molecule has 0 spiro atoms. The quantitative estimate of drug-likeness (QED) is 0.684. The molecule has 2 rings (SSSR count). The molecule has 0 saturated heterocycles. The first-order valence-corrected chi connectivity index (χ1v) is 4.74. The van der Waals surface area contributed by atoms with Gasteiger partial charge in [-0.25, -0.2) is 19.8 Å². The zero-order valence-electron chi connectivity index (χ0n) is 9.64. The van der Waals surface area contributed by atoms with Gasteiger partial charge < -0.3 is 0 Å². The van der Waals surface area contributed by atoms with Crippen molar-refractivity contribution in [3.05, 3.63) is 27.4 Å². The highest BCUT2D eigenvalue weighted by Crippen LogP contribution is 1.51. The van der Waals surface area contributed by atoms with E-state index in [0.29, 0.717) is 0 Å². The molecule has 21 heavy (non-hydrogen) atoms. The summed E-state index contributed by atoms with van der Waals surface area (Å²) in [5.74, 6) is -0.519. The molecule has 0 fully saturated rings. The minimum atomic E-state index is -0.519. The van der Waals surface area contributed by atoms with Gasteiger partial charge >= 0.3 is 11.4 Å². The molecular formula is C12H36N6O3. The fourth-order valence-electron chi connectivity index (χ4n) is 0.345. The second kappa shape index (κ2) is 36.1. The van der Waals surface area contributed by atoms with Crippen LogP contribution in [0.15, 0.2) is 20.4 Å². The molecule has 2 aromatic rings. The van der Waals surface area contributed by atoms with Gasteiger partial charge in [-0.05, 0) is 10.4 Å². The summed E-state index contributed by atoms with van der Waals surface area (Å²) < 4.78 is 3.97. The number of aromatic nitrogens is 6. The van der Waals surface area contributed by atoms with E-state index in [4.69, 9.17) is 0 Å². The number of hydrogen-bond acceptors (Lipinski definition) is 6. The van der Waals surface area contributed by atoms with E-state index in [9.17, 15) is 9.59 Å². The van der Waals surface area contributed by atoms with Gasteiger partial charge in [0.15, 0.2) is 0 Å². The van der Waals surface area contributed by atoms with Crippen molar-refractivity contribution in [2.75, 3.05) is 0 Å². The van der Waals surface area contributed by atoms with Crippen molar-refractivity contribution in [1.82, 2.24) is 30.8 Å². The maximum absolute atomic E-state index is 9.83. The molecule has 0 bridgehead atoms. The molecule has 0 amide bonds. The summed E-state index contributed by atoms with van der Waals surface area (Å²) in [5, 5.41) is 13.3. The minimum Gasteiger partial charge on any atom is -0.296 e. The molecule has 0 saturated carbocycles. The Morgan fingerprint density at radius 3 is 1.33 bits per heavy atom. The zero-order valence-corrected chi connectivity index (χ0v) is 9.64. The van der Waals surface area contributed by atoms with E-state index in [1.807, 2.05) is 37.9 Å². The Morgan fingerprint density at radius 2 is 1.24 bits per heavy atom. The van der Waals surface area contributed by atoms with E-state index < -0.39 is 5.76 Å². The summed E-state index contributed by atoms with van der Waals surface area (Å²) in [6.45, 7) is 8.00. The van der Waals surface area contributed by atoms with Gasteiger partial charge in [-0.15, -0.1) is 0 Å². The average molecular weight is 312 g/mol. The van der Waals surface area contributed by atoms with Crippen molar-refractivity contribution >= 4 is 0 Å². The van der Waals surface area contributed by atoms with Crippen molar-refractivity contribution < 1.29 is 4.52 Å². The standard InChI is InChI=1S/C2H2N2O2.2C2H6.CH2N4O.5CH4/c5-2-3-1-4-6-2;2*1-2;6-1-2-4-5-3-1;;;;;/h1H,(H,3,4,5);2*1-2H3;(H2,2,3,4,5,6);5*1H4. The number of hydrogen-bond donors (Lipinski definition) is 3. The molecule has 0 aliphatic heterocycles. The van der Waals surface area contributed by atoms with Gasteiger partial charge in [0.1, 0.15) is 6.33 Å². The van der Waals surface area contributed by atoms with Crippen molar-refractivity contribution in [3.63, 3.8) is 0 Å². The third-order valence-electron chi connectivity index (χ3n) is 0.724. The van der Waals surface area contributed by atoms with Gasteiger partial charge in [-0.3, -0.25) is 9.51 Å². The summed E-state index contributed by atoms with van der Waals surface area (Å²) in [4.78, 5) is 21.8. The average Bonchev–Trinajstić information content (AvgIpc) is 2.98. The molecule has 0 aromatic carbocycles. The molecular weight excluding hydrogens is 276 g/mol. The molecule has 0 radical (unpaired) electrons. The van der Waals surface area contributed by atoms with Gasteiger partial charge in [0.2, 0.25) is 0 Å². The monoisotopic (exact) mass is 312 g/mol. The lowest BCUT2D eigenvalue weighted by atomic mass is 11.0. The largest absolute Gasteiger partial charge is 0.438 e. The second-order valence-electron chi connectivity index (χ2n) is 1.51. The van der Waals surface area contributed by atoms with E-state index in [2.05, 4.69) is 25.1 Å². The Labute approximate surface area is 128 Å². The SMILES string of the molecule is C.C.C.C.C.CC.CC.O=c1[nH]cno1.O=c1[nH]nn[nH]1. The van der Waals surface area contributed by atoms with Crippen LogP contribution in [0.4, 0.5) is 0 Å². The first-order chi connectivity index (χ1) is 7.79. The third-order valence-corrected chi connectivity index (χ3v) is 0.724. The molecule has 2 heterocycles. The normalized spacial score (nSPS) is 5.52. The van der Waals surface area contributed by atoms with Crippen LogP contribution in [0.5, 0.6) is 0 Å². The molecule has 2 aromatic heterocycles. The van der Waals surface area contributed by atoms with Gasteiger partial charge in [0.05, 0.1) is 0 Å². The van der Waals surface area contributed by atoms with Crippen LogP contribution in [0.3, 0.4) is 0 Å². The molecule has 9 heteroatoms. The Hall–Kier alpha value is -2.19. The summed E-state index contributed by atoms with van der Waals surface area (Å²) in [7, 11) is 0. The molecule has 0 aliphatic carbocycles. The van der Waals surface area contributed by atoms with Gasteiger partial charge in [-0.2, -0.15) is 0 Å². The topological polar surface area (TPSA) is 133 Å². The second-order valence-corrected chi connectivity index (χ2v) is 1.51. The van der Waals surface area contributed by atoms with Crippen LogP contribution >= 0.6 is 0 Å². The maximum atomic E-state index is 9.83. The van der Waals surface area contributed by atoms with E-state index in [1.54, 1.807) is 0 Å². The fourth-order valence-corrected chi connectivity index (χ4v) is 0.345. The van der Waals surface area contributed by atoms with Crippen molar-refractivity contribution in [2.45, 2.75) is 64.8 Å². The number of rotatable bonds is 0. The molecule has 132 valence electrons. The summed E-state index contributed by atoms with van der Waals surface area (Å²) in [5.41, 5.74) is -0.380. The first kappa shape index (κ1) is 42.8. The Bertz CT molecular complexity index is 345. The molecule has 0 unspecified atom stereocenters. The van der Waals surface area contributed by atoms with Crippen LogP contribution < -0.4 is 11.4 Å². The number of nitrogens with one attached hydrogen (secondary N) is 3. The van der Waals surface area contributed by atoms with E-state index in [1.165, 1.54) is 6.33 Å². The number of H-pyrrole nitrogens is 3. The molecule has 3 N–H and O–H groups in total. The number of aromatic amines is 3. The van der Waals surface area contributed by atoms with Gasteiger partial charge in [-0.1, -0.05) is 70.0 Å². The lowest BCUT2D eigenvalue weighted by Gasteiger charge is -1.47. The summed E-state index contributed by atoms with van der Waals surface area (Å²) >= 11 is 0. The Morgan fingerprint density at radius 1 is 0.857 bits per heavy atom. The highest BCUT2D eigenvalue weighted by Gasteiger charge is 1.74. The fraction of sp³-hybridized carbons (Fsp3) is 0.750. The van der Waals surface area contributed by atoms with Crippen molar-refractivity contribution in [2.24, 2.45) is 0 Å². The first-order valence-electron chi connectivity index (χ1n) is 4.74. The Kier molecular flexibility index (Phi) is 73.5. The van der Waals surface area contributed by atoms with E-state index >= 15 is 0 Å². The van der Waals surface area contributed by atoms with Crippen LogP contribution in [-0.2, 0) is 0 Å². The van der Waals surface area contributed by atoms with E-state index in [-0.39, 0.29) is 42.8 Å². The van der Waals surface area contributed by atoms with Crippen molar-refractivity contribution in [3.8, 4) is 0 Å². The number of nitrogens with zero attached hydrogens (tertiary/aromatic N) is 3. The van der Waals surface area contributed by atoms with Gasteiger partial charge in [0.25, 0.3) is 0 Å². The van der Waals surface area contributed by atoms with Crippen LogP contribution in [0.25, 0.3) is 0 Å². The highest BCUT2D eigenvalue weighted by atomic mass is 16.5.